The van der Waals surface area contributed by atoms with Crippen molar-refractivity contribution in [1.29, 1.82) is 0 Å². The molecule has 0 saturated carbocycles. The molecule has 1 aromatic carbocycles. The van der Waals surface area contributed by atoms with Gasteiger partial charge in [0.25, 0.3) is 0 Å². The van der Waals surface area contributed by atoms with Gasteiger partial charge in [-0.15, -0.1) is 16.9 Å². The molecule has 4 aromatic rings. The predicted molar refractivity (Wildman–Crippen MR) is 107 cm³/mol. The number of nitrogens with zero attached hydrogens (tertiary/aromatic N) is 2. The van der Waals surface area contributed by atoms with Crippen LogP contribution in [0.2, 0.25) is 0 Å². The van der Waals surface area contributed by atoms with E-state index in [9.17, 15) is 15.0 Å². The van der Waals surface area contributed by atoms with Crippen molar-refractivity contribution in [3.63, 3.8) is 0 Å². The number of fused-ring (bicyclic) bond motifs is 2. The van der Waals surface area contributed by atoms with Crippen LogP contribution in [0.3, 0.4) is 0 Å². The first-order chi connectivity index (χ1) is 13.2. The Morgan fingerprint density at radius 1 is 1.21 bits per heavy atom. The third kappa shape index (κ3) is 5.34. The van der Waals surface area contributed by atoms with Crippen LogP contribution in [-0.4, -0.2) is 38.7 Å². The minimum atomic E-state index is -0.750. The van der Waals surface area contributed by atoms with E-state index in [1.165, 1.54) is 24.8 Å². The average molecular weight is 421 g/mol. The van der Waals surface area contributed by atoms with Crippen molar-refractivity contribution in [2.24, 2.45) is 0 Å². The molecule has 0 aliphatic heterocycles. The normalized spacial score (nSPS) is 10.9. The molecule has 0 amide bonds. The Hall–Kier alpha value is -1.97. The summed E-state index contributed by atoms with van der Waals surface area (Å²) < 4.78 is 4.76. The molecule has 3 heterocycles. The second-order valence-electron chi connectivity index (χ2n) is 7.07. The molecule has 3 aromatic heterocycles. The second-order valence-corrected chi connectivity index (χ2v) is 7.97. The van der Waals surface area contributed by atoms with Crippen LogP contribution in [-0.2, 0) is 4.74 Å². The summed E-state index contributed by atoms with van der Waals surface area (Å²) in [4.78, 5) is 24.1. The number of aromatic nitrogens is 3. The van der Waals surface area contributed by atoms with E-state index in [1.807, 2.05) is 11.4 Å². The molecule has 146 valence electrons. The Bertz CT molecular complexity index is 1140. The molecule has 4 rings (SSSR count). The van der Waals surface area contributed by atoms with Crippen LogP contribution in [0, 0.1) is 0 Å². The second kappa shape index (κ2) is 9.23. The topological polar surface area (TPSA) is 111 Å². The number of aromatic hydroxyl groups is 1. The number of rotatable bonds is 2. The van der Waals surface area contributed by atoms with Crippen LogP contribution in [0.5, 0.6) is 5.88 Å². The van der Waals surface area contributed by atoms with Crippen molar-refractivity contribution in [2.75, 3.05) is 7.11 Å². The molecule has 0 radical (unpaired) electrons. The maximum atomic E-state index is 11.8. The summed E-state index contributed by atoms with van der Waals surface area (Å²) in [7, 11) is 1.33. The standard InChI is InChI=1S/C16H11N3O3S.C4H9O.Na/c1-22-16(21)8-2-3-11-10(6-8)12(14(20)19-11)13-9-4-5-23-15(9)18-7-17-13;1-4(2,3)5;/h2-7,19-20H,1H3;1-3H3;/q;-1;+1. The minimum Gasteiger partial charge on any atom is -0.850 e. The molecule has 0 atom stereocenters. The zero-order chi connectivity index (χ0) is 20.5. The molecule has 0 aliphatic rings. The van der Waals surface area contributed by atoms with Crippen molar-refractivity contribution >= 4 is 38.4 Å². The van der Waals surface area contributed by atoms with Gasteiger partial charge in [-0.25, -0.2) is 14.8 Å². The fourth-order valence-electron chi connectivity index (χ4n) is 2.65. The van der Waals surface area contributed by atoms with Crippen molar-refractivity contribution in [3.05, 3.63) is 41.5 Å². The summed E-state index contributed by atoms with van der Waals surface area (Å²) >= 11 is 1.50. The maximum Gasteiger partial charge on any atom is 1.00 e. The summed E-state index contributed by atoms with van der Waals surface area (Å²) in [5, 5.41) is 23.9. The van der Waals surface area contributed by atoms with E-state index in [2.05, 4.69) is 15.0 Å². The summed E-state index contributed by atoms with van der Waals surface area (Å²) in [6.45, 7) is 4.90. The molecule has 0 saturated heterocycles. The number of methoxy groups -OCH3 is 1. The minimum absolute atomic E-state index is 0. The van der Waals surface area contributed by atoms with Gasteiger partial charge in [0.05, 0.1) is 23.9 Å². The average Bonchev–Trinajstić information content (AvgIpc) is 3.22. The molecule has 9 heteroatoms. The monoisotopic (exact) mass is 421 g/mol. The Morgan fingerprint density at radius 3 is 2.55 bits per heavy atom. The predicted octanol–water partition coefficient (Wildman–Crippen LogP) is 0.481. The number of carbonyl (C=O) groups excluding carboxylic acids is 1. The van der Waals surface area contributed by atoms with Gasteiger partial charge in [-0.3, -0.25) is 0 Å². The SMILES string of the molecule is CC(C)(C)[O-].COC(=O)c1ccc2[nH]c(O)c(-c3ncnc4sccc34)c2c1.[Na+]. The summed E-state index contributed by atoms with van der Waals surface area (Å²) in [6, 6.07) is 6.98. The summed E-state index contributed by atoms with van der Waals surface area (Å²) in [5.41, 5.74) is 1.56. The van der Waals surface area contributed by atoms with Crippen molar-refractivity contribution in [2.45, 2.75) is 26.4 Å². The Balaban J connectivity index is 0.000000450. The fourth-order valence-corrected chi connectivity index (χ4v) is 3.38. The number of hydrogen-bond acceptors (Lipinski definition) is 7. The maximum absolute atomic E-state index is 11.8. The molecule has 7 nitrogen and oxygen atoms in total. The number of thiophene rings is 1. The molecule has 29 heavy (non-hydrogen) atoms. The zero-order valence-corrected chi connectivity index (χ0v) is 19.8. The summed E-state index contributed by atoms with van der Waals surface area (Å²) in [5.74, 6) is -0.421. The summed E-state index contributed by atoms with van der Waals surface area (Å²) in [6.07, 6.45) is 1.47. The largest absolute Gasteiger partial charge is 1.00 e. The third-order valence-corrected chi connectivity index (χ3v) is 4.52. The number of ether oxygens (including phenoxy) is 1. The van der Waals surface area contributed by atoms with Crippen LogP contribution in [0.4, 0.5) is 0 Å². The van der Waals surface area contributed by atoms with E-state index in [1.54, 1.807) is 39.0 Å². The van der Waals surface area contributed by atoms with Gasteiger partial charge >= 0.3 is 35.5 Å². The molecule has 0 unspecified atom stereocenters. The Labute approximate surface area is 194 Å². The molecule has 0 fully saturated rings. The van der Waals surface area contributed by atoms with E-state index in [0.29, 0.717) is 27.7 Å². The third-order valence-electron chi connectivity index (χ3n) is 3.70. The van der Waals surface area contributed by atoms with Gasteiger partial charge in [-0.05, 0) is 29.6 Å². The molecule has 0 aliphatic carbocycles. The number of aromatic amines is 1. The Morgan fingerprint density at radius 2 is 1.90 bits per heavy atom. The first kappa shape index (κ1) is 23.3. The first-order valence-electron chi connectivity index (χ1n) is 8.51. The van der Waals surface area contributed by atoms with Gasteiger partial charge in [0.2, 0.25) is 0 Å². The number of nitrogens with one attached hydrogen (secondary N) is 1. The van der Waals surface area contributed by atoms with Gasteiger partial charge in [-0.2, -0.15) is 0 Å². The number of benzene rings is 1. The van der Waals surface area contributed by atoms with Crippen LogP contribution < -0.4 is 34.7 Å². The zero-order valence-electron chi connectivity index (χ0n) is 16.9. The van der Waals surface area contributed by atoms with E-state index >= 15 is 0 Å². The van der Waals surface area contributed by atoms with Crippen LogP contribution in [0.1, 0.15) is 31.1 Å². The number of hydrogen-bond donors (Lipinski definition) is 2. The molecule has 0 spiro atoms. The van der Waals surface area contributed by atoms with Crippen molar-refractivity contribution in [1.82, 2.24) is 15.0 Å². The number of esters is 1. The van der Waals surface area contributed by atoms with Crippen LogP contribution in [0.25, 0.3) is 32.4 Å². The van der Waals surface area contributed by atoms with E-state index in [0.717, 1.165) is 10.2 Å². The smallest absolute Gasteiger partial charge is 0.850 e. The van der Waals surface area contributed by atoms with Gasteiger partial charge in [0.15, 0.2) is 5.88 Å². The molecule has 0 bridgehead atoms. The van der Waals surface area contributed by atoms with E-state index in [-0.39, 0.29) is 35.4 Å². The van der Waals surface area contributed by atoms with Crippen molar-refractivity contribution < 1.29 is 49.3 Å². The first-order valence-corrected chi connectivity index (χ1v) is 9.39. The fraction of sp³-hybridized carbons (Fsp3) is 0.250. The van der Waals surface area contributed by atoms with E-state index < -0.39 is 11.6 Å². The molecular weight excluding hydrogens is 401 g/mol. The van der Waals surface area contributed by atoms with Crippen molar-refractivity contribution in [3.8, 4) is 17.1 Å². The number of H-pyrrole nitrogens is 1. The molecular formula is C20H20N3NaO4S. The van der Waals surface area contributed by atoms with Gasteiger partial charge < -0.3 is 19.9 Å². The van der Waals surface area contributed by atoms with Gasteiger partial charge in [0.1, 0.15) is 11.2 Å². The number of carbonyl (C=O) groups is 1. The van der Waals surface area contributed by atoms with Crippen LogP contribution >= 0.6 is 11.3 Å². The van der Waals surface area contributed by atoms with E-state index in [4.69, 9.17) is 4.74 Å². The Kier molecular flexibility index (Phi) is 7.42. The van der Waals surface area contributed by atoms with Crippen LogP contribution in [0.15, 0.2) is 36.0 Å². The van der Waals surface area contributed by atoms with Gasteiger partial charge in [-0.1, -0.05) is 20.8 Å². The van der Waals surface area contributed by atoms with Gasteiger partial charge in [0, 0.05) is 16.3 Å². The quantitative estimate of drug-likeness (QED) is 0.360. The molecule has 2 N–H and O–H groups in total.